The molecule has 5 aromatic carbocycles. The zero-order valence-corrected chi connectivity index (χ0v) is 45.4. The SMILES string of the molecule is CC(=O)c1ccccc1NC(=O)c1cn(C)nc1I.CCCC=C(C)c1ccccc1NC(=O)c1cn(C)nc1I.CCCC[PH2+]c1ccccc1.[I-].c1ccc(-c2ccccc2)cc1. The highest BCUT2D eigenvalue weighted by atomic mass is 127. The van der Waals surface area contributed by atoms with Gasteiger partial charge in [0.05, 0.1) is 28.3 Å². The normalized spacial score (nSPS) is 10.6. The Morgan fingerprint density at radius 1 is 0.585 bits per heavy atom. The van der Waals surface area contributed by atoms with Crippen molar-refractivity contribution in [2.75, 3.05) is 16.8 Å². The van der Waals surface area contributed by atoms with Gasteiger partial charge in [-0.15, -0.1) is 0 Å². The lowest BCUT2D eigenvalue weighted by Gasteiger charge is -2.11. The molecule has 0 aliphatic carbocycles. The van der Waals surface area contributed by atoms with E-state index in [9.17, 15) is 14.4 Å². The van der Waals surface area contributed by atoms with E-state index in [-0.39, 0.29) is 41.6 Å². The van der Waals surface area contributed by atoms with Gasteiger partial charge >= 0.3 is 0 Å². The third-order valence-corrected chi connectivity index (χ3v) is 12.7. The number of para-hydroxylation sites is 2. The van der Waals surface area contributed by atoms with Gasteiger partial charge in [-0.3, -0.25) is 23.7 Å². The summed E-state index contributed by atoms with van der Waals surface area (Å²) in [4.78, 5) is 36.1. The van der Waals surface area contributed by atoms with Crippen molar-refractivity contribution in [3.63, 3.8) is 0 Å². The molecule has 0 saturated heterocycles. The number of hydrogen-bond acceptors (Lipinski definition) is 5. The van der Waals surface area contributed by atoms with Crippen LogP contribution in [-0.2, 0) is 14.1 Å². The number of rotatable bonds is 13. The zero-order chi connectivity index (χ0) is 46.3. The number of nitrogens with one attached hydrogen (secondary N) is 2. The van der Waals surface area contributed by atoms with Gasteiger partial charge in [0.2, 0.25) is 0 Å². The molecule has 9 nitrogen and oxygen atoms in total. The Kier molecular flexibility index (Phi) is 25.2. The number of benzene rings is 5. The highest BCUT2D eigenvalue weighted by Gasteiger charge is 2.17. The standard InChI is InChI=1S/C17H20IN3O.C13H12IN3O2.C12H10.C10H15P.HI/c1-4-5-8-12(2)13-9-6-7-10-15(13)19-17(22)14-11-21(3)20-16(14)18;1-8(18)9-5-3-4-6-11(9)15-13(19)10-7-17(2)16-12(10)14;1-3-7-11(8-4-1)12-9-5-2-6-10-12;1-2-3-9-11-10-7-5-4-6-8-10;/h6-11H,4-5H2,1-3H3,(H,19,22);3-7H,1-2H3,(H,15,19);1-10H;4-8,11H,2-3,9H2,1H3;1H. The number of aryl methyl sites for hydroxylation is 2. The number of Topliss-reactive ketones (excluding diaryl/α,β-unsaturated/α-hetero) is 1. The third kappa shape index (κ3) is 18.7. The first-order chi connectivity index (χ1) is 30.9. The smallest absolute Gasteiger partial charge is 0.259 e. The third-order valence-electron chi connectivity index (χ3n) is 9.57. The first-order valence-corrected chi connectivity index (χ1v) is 24.8. The largest absolute Gasteiger partial charge is 1.00 e. The van der Waals surface area contributed by atoms with Crippen LogP contribution in [0, 0.1) is 7.40 Å². The van der Waals surface area contributed by atoms with Gasteiger partial charge in [-0.1, -0.05) is 142 Å². The summed E-state index contributed by atoms with van der Waals surface area (Å²) in [5, 5.41) is 15.6. The molecule has 0 spiro atoms. The van der Waals surface area contributed by atoms with E-state index in [4.69, 9.17) is 0 Å². The Morgan fingerprint density at radius 2 is 1.00 bits per heavy atom. The molecule has 13 heteroatoms. The second-order valence-corrected chi connectivity index (χ2v) is 18.4. The van der Waals surface area contributed by atoms with Gasteiger partial charge in [0.25, 0.3) is 11.8 Å². The van der Waals surface area contributed by atoms with Gasteiger partial charge in [-0.25, -0.2) is 0 Å². The minimum Gasteiger partial charge on any atom is -1.00 e. The Morgan fingerprint density at radius 3 is 1.42 bits per heavy atom. The zero-order valence-electron chi connectivity index (χ0n) is 37.8. The molecular weight excluding hydrogens is 1170 g/mol. The number of carbonyl (C=O) groups is 3. The Bertz CT molecular complexity index is 2530. The summed E-state index contributed by atoms with van der Waals surface area (Å²) in [5.74, 6) is -0.490. The molecule has 0 aliphatic heterocycles. The van der Waals surface area contributed by atoms with Crippen LogP contribution in [0.15, 0.2) is 158 Å². The Labute approximate surface area is 430 Å². The van der Waals surface area contributed by atoms with E-state index in [1.54, 1.807) is 58.4 Å². The van der Waals surface area contributed by atoms with Crippen LogP contribution in [-0.4, -0.2) is 43.3 Å². The molecule has 2 aromatic heterocycles. The fourth-order valence-electron chi connectivity index (χ4n) is 6.24. The number of unbranched alkanes of at least 4 members (excludes halogenated alkanes) is 2. The number of nitrogens with zero attached hydrogens (tertiary/aromatic N) is 4. The van der Waals surface area contributed by atoms with Crippen LogP contribution in [0.3, 0.4) is 0 Å². The molecule has 0 fully saturated rings. The van der Waals surface area contributed by atoms with Crippen molar-refractivity contribution in [2.24, 2.45) is 14.1 Å². The Hall–Kier alpha value is -4.51. The quantitative estimate of drug-likeness (QED) is 0.0518. The van der Waals surface area contributed by atoms with Crippen molar-refractivity contribution in [3.05, 3.63) is 188 Å². The number of allylic oxidation sites excluding steroid dienone is 2. The minimum atomic E-state index is -0.272. The minimum absolute atomic E-state index is 0. The lowest BCUT2D eigenvalue weighted by molar-refractivity contribution is -0.0000356. The van der Waals surface area contributed by atoms with E-state index in [1.165, 1.54) is 42.6 Å². The maximum Gasteiger partial charge on any atom is 0.259 e. The Balaban J connectivity index is 0.000000238. The highest BCUT2D eigenvalue weighted by Crippen LogP contribution is 2.25. The van der Waals surface area contributed by atoms with Gasteiger partial charge in [0.1, 0.15) is 7.40 Å². The van der Waals surface area contributed by atoms with Crippen LogP contribution < -0.4 is 39.9 Å². The van der Waals surface area contributed by atoms with Crippen molar-refractivity contribution < 1.29 is 38.4 Å². The maximum absolute atomic E-state index is 12.4. The summed E-state index contributed by atoms with van der Waals surface area (Å²) in [7, 11) is 4.11. The van der Waals surface area contributed by atoms with Gasteiger partial charge < -0.3 is 34.6 Å². The van der Waals surface area contributed by atoms with E-state index >= 15 is 0 Å². The average Bonchev–Trinajstić information content (AvgIpc) is 3.85. The van der Waals surface area contributed by atoms with Gasteiger partial charge in [0, 0.05) is 51.9 Å². The van der Waals surface area contributed by atoms with Crippen LogP contribution in [0.25, 0.3) is 16.7 Å². The molecular formula is C52H58I3N6O3P. The summed E-state index contributed by atoms with van der Waals surface area (Å²) in [6.45, 7) is 7.96. The van der Waals surface area contributed by atoms with Crippen LogP contribution in [0.1, 0.15) is 90.0 Å². The molecule has 0 bridgehead atoms. The number of amides is 2. The first kappa shape index (κ1) is 54.8. The predicted octanol–water partition coefficient (Wildman–Crippen LogP) is 9.84. The molecule has 0 radical (unpaired) electrons. The monoisotopic (exact) mass is 1230 g/mol. The van der Waals surface area contributed by atoms with Crippen molar-refractivity contribution in [1.29, 1.82) is 0 Å². The van der Waals surface area contributed by atoms with Crippen LogP contribution in [0.5, 0.6) is 0 Å². The van der Waals surface area contributed by atoms with Gasteiger partial charge in [0.15, 0.2) is 5.78 Å². The van der Waals surface area contributed by atoms with Crippen molar-refractivity contribution in [1.82, 2.24) is 19.6 Å². The van der Waals surface area contributed by atoms with Crippen LogP contribution in [0.4, 0.5) is 11.4 Å². The van der Waals surface area contributed by atoms with Crippen molar-refractivity contribution in [2.45, 2.75) is 53.4 Å². The summed E-state index contributed by atoms with van der Waals surface area (Å²) < 4.78 is 4.55. The van der Waals surface area contributed by atoms with Gasteiger partial charge in [-0.2, -0.15) is 10.2 Å². The van der Waals surface area contributed by atoms with E-state index in [0.29, 0.717) is 38.4 Å². The molecule has 7 rings (SSSR count). The predicted molar refractivity (Wildman–Crippen MR) is 287 cm³/mol. The van der Waals surface area contributed by atoms with Crippen LogP contribution >= 0.6 is 53.8 Å². The summed E-state index contributed by atoms with van der Waals surface area (Å²) in [6.07, 6.45) is 11.9. The fraction of sp³-hybridized carbons (Fsp3) is 0.212. The average molecular weight is 1230 g/mol. The number of hydrogen-bond donors (Lipinski definition) is 2. The lowest BCUT2D eigenvalue weighted by Crippen LogP contribution is -3.00. The van der Waals surface area contributed by atoms with E-state index < -0.39 is 0 Å². The summed E-state index contributed by atoms with van der Waals surface area (Å²) >= 11 is 4.08. The molecule has 340 valence electrons. The molecule has 2 amide bonds. The van der Waals surface area contributed by atoms with E-state index in [2.05, 4.69) is 149 Å². The topological polar surface area (TPSA) is 111 Å². The molecule has 7 aromatic rings. The molecule has 0 saturated carbocycles. The number of halogens is 3. The highest BCUT2D eigenvalue weighted by molar-refractivity contribution is 14.1. The number of ketones is 1. The van der Waals surface area contributed by atoms with Gasteiger partial charge in [-0.05, 0) is 119 Å². The van der Waals surface area contributed by atoms with Crippen molar-refractivity contribution >= 4 is 93.6 Å². The fourth-order valence-corrected chi connectivity index (χ4v) is 9.12. The molecule has 0 aliphatic rings. The number of carbonyl (C=O) groups excluding carboxylic acids is 3. The second-order valence-electron chi connectivity index (χ2n) is 14.7. The number of anilines is 2. The molecule has 2 heterocycles. The molecule has 2 N–H and O–H groups in total. The first-order valence-electron chi connectivity index (χ1n) is 21.3. The lowest BCUT2D eigenvalue weighted by atomic mass is 10.0. The molecule has 1 atom stereocenters. The number of aromatic nitrogens is 4. The van der Waals surface area contributed by atoms with E-state index in [0.717, 1.165) is 24.1 Å². The van der Waals surface area contributed by atoms with Crippen LogP contribution in [0.2, 0.25) is 0 Å². The van der Waals surface area contributed by atoms with Crippen molar-refractivity contribution in [3.8, 4) is 11.1 Å². The summed E-state index contributed by atoms with van der Waals surface area (Å²) in [5.41, 5.74) is 7.71. The molecule has 65 heavy (non-hydrogen) atoms. The molecule has 1 unspecified atom stereocenters. The summed E-state index contributed by atoms with van der Waals surface area (Å²) in [6, 6.07) is 46.4. The second kappa shape index (κ2) is 29.9. The maximum atomic E-state index is 12.4. The van der Waals surface area contributed by atoms with E-state index in [1.807, 2.05) is 66.0 Å².